The zero-order valence-corrected chi connectivity index (χ0v) is 16.3. The zero-order chi connectivity index (χ0) is 19.7. The summed E-state index contributed by atoms with van der Waals surface area (Å²) in [6.45, 7) is 2.18. The van der Waals surface area contributed by atoms with Crippen LogP contribution in [0.3, 0.4) is 0 Å². The first-order valence-corrected chi connectivity index (χ1v) is 10.0. The van der Waals surface area contributed by atoms with Crippen molar-refractivity contribution in [1.82, 2.24) is 9.73 Å². The molecule has 0 unspecified atom stereocenters. The number of hydrogen-bond donors (Lipinski definition) is 1. The molecule has 9 heteroatoms. The molecule has 146 valence electrons. The number of nitrogens with one attached hydrogen (secondary N) is 1. The molecule has 0 spiro atoms. The topological polar surface area (TPSA) is 97.3 Å². The van der Waals surface area contributed by atoms with E-state index in [0.29, 0.717) is 18.6 Å². The Balaban J connectivity index is 1.72. The van der Waals surface area contributed by atoms with Gasteiger partial charge in [-0.3, -0.25) is 0 Å². The standard InChI is InChI=1S/C18H23N3O5S/c1-13-4-6-16(7-5-13)27(23,24)20-19-14-10-15-8-9-18(11-14,26-15)12-21(2)17(22)25-3/h4-9,15,20H,10-12H2,1-3H3/t15-,18-/m0/s1. The maximum Gasteiger partial charge on any atom is 0.409 e. The average Bonchev–Trinajstić information content (AvgIpc) is 2.93. The van der Waals surface area contributed by atoms with E-state index in [9.17, 15) is 13.2 Å². The third-order valence-corrected chi connectivity index (χ3v) is 5.81. The highest BCUT2D eigenvalue weighted by molar-refractivity contribution is 7.89. The number of likely N-dealkylation sites (N-methyl/N-ethyl adjacent to an activating group) is 1. The van der Waals surface area contributed by atoms with Crippen molar-refractivity contribution in [1.29, 1.82) is 0 Å². The number of nitrogens with zero attached hydrogens (tertiary/aromatic N) is 2. The van der Waals surface area contributed by atoms with Crippen LogP contribution in [0.5, 0.6) is 0 Å². The second kappa shape index (κ2) is 7.32. The predicted molar refractivity (Wildman–Crippen MR) is 99.9 cm³/mol. The number of rotatable bonds is 5. The van der Waals surface area contributed by atoms with E-state index in [0.717, 1.165) is 5.56 Å². The molecule has 1 aromatic carbocycles. The molecule has 0 saturated carbocycles. The number of carbonyl (C=O) groups excluding carboxylic acids is 1. The molecule has 2 aliphatic rings. The van der Waals surface area contributed by atoms with Crippen LogP contribution >= 0.6 is 0 Å². The lowest BCUT2D eigenvalue weighted by atomic mass is 9.94. The van der Waals surface area contributed by atoms with Gasteiger partial charge in [-0.25, -0.2) is 9.63 Å². The van der Waals surface area contributed by atoms with Crippen LogP contribution in [0.15, 0.2) is 46.4 Å². The molecule has 3 rings (SSSR count). The Morgan fingerprint density at radius 3 is 2.78 bits per heavy atom. The van der Waals surface area contributed by atoms with Crippen LogP contribution in [0.1, 0.15) is 18.4 Å². The van der Waals surface area contributed by atoms with Crippen LogP contribution in [0, 0.1) is 6.92 Å². The Morgan fingerprint density at radius 1 is 1.41 bits per heavy atom. The number of hydrogen-bond acceptors (Lipinski definition) is 6. The van der Waals surface area contributed by atoms with E-state index in [4.69, 9.17) is 9.47 Å². The van der Waals surface area contributed by atoms with E-state index in [1.54, 1.807) is 31.3 Å². The molecule has 0 aliphatic carbocycles. The van der Waals surface area contributed by atoms with Crippen molar-refractivity contribution in [2.24, 2.45) is 5.10 Å². The molecule has 0 aromatic heterocycles. The van der Waals surface area contributed by atoms with Gasteiger partial charge < -0.3 is 14.4 Å². The number of amides is 1. The molecule has 2 atom stereocenters. The Labute approximate surface area is 158 Å². The Morgan fingerprint density at radius 2 is 2.11 bits per heavy atom. The first-order valence-electron chi connectivity index (χ1n) is 8.53. The summed E-state index contributed by atoms with van der Waals surface area (Å²) in [4.78, 5) is 15.6. The molecule has 1 amide bonds. The van der Waals surface area contributed by atoms with E-state index >= 15 is 0 Å². The highest BCUT2D eigenvalue weighted by Crippen LogP contribution is 2.35. The fourth-order valence-corrected chi connectivity index (χ4v) is 4.12. The molecule has 1 aromatic rings. The van der Waals surface area contributed by atoms with E-state index in [1.165, 1.54) is 12.0 Å². The van der Waals surface area contributed by atoms with Crippen LogP contribution in [0.25, 0.3) is 0 Å². The van der Waals surface area contributed by atoms with E-state index < -0.39 is 21.7 Å². The minimum atomic E-state index is -3.73. The average molecular weight is 393 g/mol. The molecule has 2 aliphatic heterocycles. The smallest absolute Gasteiger partial charge is 0.409 e. The summed E-state index contributed by atoms with van der Waals surface area (Å²) in [5.74, 6) is 0. The molecule has 2 heterocycles. The molecule has 1 saturated heterocycles. The lowest BCUT2D eigenvalue weighted by molar-refractivity contribution is -0.0426. The Bertz CT molecular complexity index is 879. The van der Waals surface area contributed by atoms with Gasteiger partial charge in [0.25, 0.3) is 10.0 Å². The number of ether oxygens (including phenoxy) is 2. The van der Waals surface area contributed by atoms with Crippen molar-refractivity contribution < 1.29 is 22.7 Å². The maximum atomic E-state index is 12.4. The summed E-state index contributed by atoms with van der Waals surface area (Å²) >= 11 is 0. The van der Waals surface area contributed by atoms with Gasteiger partial charge >= 0.3 is 6.09 Å². The monoisotopic (exact) mass is 393 g/mol. The van der Waals surface area contributed by atoms with Crippen molar-refractivity contribution in [2.75, 3.05) is 20.7 Å². The summed E-state index contributed by atoms with van der Waals surface area (Å²) < 4.78 is 35.5. The molecular weight excluding hydrogens is 370 g/mol. The van der Waals surface area contributed by atoms with E-state index in [2.05, 4.69) is 9.93 Å². The number of benzene rings is 1. The predicted octanol–water partition coefficient (Wildman–Crippen LogP) is 1.82. The zero-order valence-electron chi connectivity index (χ0n) is 15.5. The van der Waals surface area contributed by atoms with Crippen molar-refractivity contribution in [2.45, 2.75) is 36.4 Å². The fourth-order valence-electron chi connectivity index (χ4n) is 3.27. The van der Waals surface area contributed by atoms with Gasteiger partial charge in [-0.05, 0) is 19.1 Å². The van der Waals surface area contributed by atoms with Gasteiger partial charge in [0.2, 0.25) is 0 Å². The molecule has 1 fully saturated rings. The van der Waals surface area contributed by atoms with Gasteiger partial charge in [-0.2, -0.15) is 13.5 Å². The van der Waals surface area contributed by atoms with Crippen LogP contribution < -0.4 is 4.83 Å². The third kappa shape index (κ3) is 4.30. The van der Waals surface area contributed by atoms with Gasteiger partial charge in [0, 0.05) is 25.6 Å². The first-order chi connectivity index (χ1) is 12.7. The summed E-state index contributed by atoms with van der Waals surface area (Å²) in [5, 5.41) is 4.14. The number of aryl methyl sites for hydroxylation is 1. The summed E-state index contributed by atoms with van der Waals surface area (Å²) in [6.07, 6.45) is 4.06. The van der Waals surface area contributed by atoms with Crippen molar-refractivity contribution >= 4 is 21.8 Å². The van der Waals surface area contributed by atoms with Crippen LogP contribution in [-0.4, -0.2) is 57.5 Å². The quantitative estimate of drug-likeness (QED) is 0.608. The number of fused-ring (bicyclic) bond motifs is 2. The van der Waals surface area contributed by atoms with Gasteiger partial charge in [-0.15, -0.1) is 0 Å². The second-order valence-electron chi connectivity index (χ2n) is 6.87. The van der Waals surface area contributed by atoms with Gasteiger partial charge in [0.15, 0.2) is 0 Å². The van der Waals surface area contributed by atoms with Crippen LogP contribution in [0.2, 0.25) is 0 Å². The summed E-state index contributed by atoms with van der Waals surface area (Å²) in [6, 6.07) is 6.55. The van der Waals surface area contributed by atoms with Crippen molar-refractivity contribution in [3.63, 3.8) is 0 Å². The summed E-state index contributed by atoms with van der Waals surface area (Å²) in [7, 11) is -0.795. The highest BCUT2D eigenvalue weighted by Gasteiger charge is 2.43. The minimum Gasteiger partial charge on any atom is -0.453 e. The highest BCUT2D eigenvalue weighted by atomic mass is 32.2. The maximum absolute atomic E-state index is 12.4. The third-order valence-electron chi connectivity index (χ3n) is 4.59. The fraction of sp³-hybridized carbons (Fsp3) is 0.444. The molecule has 27 heavy (non-hydrogen) atoms. The number of hydrazone groups is 1. The molecule has 0 radical (unpaired) electrons. The lowest BCUT2D eigenvalue weighted by Gasteiger charge is -2.36. The van der Waals surface area contributed by atoms with Crippen molar-refractivity contribution in [3.8, 4) is 0 Å². The minimum absolute atomic E-state index is 0.158. The normalized spacial score (nSPS) is 25.4. The molecule has 8 nitrogen and oxygen atoms in total. The number of carbonyl (C=O) groups is 1. The van der Waals surface area contributed by atoms with Crippen LogP contribution in [0.4, 0.5) is 4.79 Å². The largest absolute Gasteiger partial charge is 0.453 e. The van der Waals surface area contributed by atoms with Gasteiger partial charge in [-0.1, -0.05) is 29.8 Å². The molecular formula is C18H23N3O5S. The number of sulfonamides is 1. The first kappa shape index (κ1) is 19.4. The molecule has 1 N–H and O–H groups in total. The van der Waals surface area contributed by atoms with E-state index in [-0.39, 0.29) is 17.5 Å². The Hall–Kier alpha value is -2.39. The van der Waals surface area contributed by atoms with Crippen LogP contribution in [-0.2, 0) is 19.5 Å². The lowest BCUT2D eigenvalue weighted by Crippen LogP contribution is -2.48. The Kier molecular flexibility index (Phi) is 5.25. The van der Waals surface area contributed by atoms with Gasteiger partial charge in [0.1, 0.15) is 5.60 Å². The number of methoxy groups -OCH3 is 1. The van der Waals surface area contributed by atoms with Crippen molar-refractivity contribution in [3.05, 3.63) is 42.0 Å². The van der Waals surface area contributed by atoms with E-state index in [1.807, 2.05) is 19.1 Å². The molecule has 2 bridgehead atoms. The SMILES string of the molecule is COC(=O)N(C)C[C@]12C=C[C@@H](CC(=NNS(=O)(=O)c3ccc(C)cc3)C1)O2. The summed E-state index contributed by atoms with van der Waals surface area (Å²) in [5.41, 5.74) is 0.925. The second-order valence-corrected chi connectivity index (χ2v) is 8.53. The van der Waals surface area contributed by atoms with Gasteiger partial charge in [0.05, 0.1) is 24.7 Å².